The molecular formula is C46H46B2Cl4. The summed E-state index contributed by atoms with van der Waals surface area (Å²) in [5, 5.41) is 5.63. The molecule has 0 atom stereocenters. The van der Waals surface area contributed by atoms with E-state index in [2.05, 4.69) is 144 Å². The monoisotopic (exact) mass is 760 g/mol. The van der Waals surface area contributed by atoms with Crippen molar-refractivity contribution in [2.75, 3.05) is 0 Å². The lowest BCUT2D eigenvalue weighted by atomic mass is 9.31. The maximum atomic E-state index is 7.09. The molecule has 6 aromatic carbocycles. The fourth-order valence-electron chi connectivity index (χ4n) is 9.24. The molecule has 0 saturated carbocycles. The molecule has 0 unspecified atom stereocenters. The van der Waals surface area contributed by atoms with E-state index < -0.39 is 0 Å². The van der Waals surface area contributed by atoms with Gasteiger partial charge in [0, 0.05) is 20.1 Å². The first-order valence-corrected chi connectivity index (χ1v) is 19.5. The largest absolute Gasteiger partial charge is 0.243 e. The summed E-state index contributed by atoms with van der Waals surface area (Å²) in [6.45, 7) is 25.7. The van der Waals surface area contributed by atoms with Gasteiger partial charge >= 0.3 is 0 Å². The van der Waals surface area contributed by atoms with Crippen molar-refractivity contribution in [2.45, 2.75) is 83.1 Å². The van der Waals surface area contributed by atoms with Gasteiger partial charge in [0.05, 0.1) is 0 Å². The highest BCUT2D eigenvalue weighted by atomic mass is 35.5. The molecule has 52 heavy (non-hydrogen) atoms. The maximum Gasteiger partial charge on any atom is 0.243 e. The van der Waals surface area contributed by atoms with Gasteiger partial charge < -0.3 is 0 Å². The number of hydrogen-bond donors (Lipinski definition) is 0. The minimum atomic E-state index is -0.108. The van der Waals surface area contributed by atoms with Gasteiger partial charge in [0.1, 0.15) is 0 Å². The minimum Gasteiger partial charge on any atom is -0.0838 e. The second kappa shape index (κ2) is 14.6. The van der Waals surface area contributed by atoms with Crippen molar-refractivity contribution >= 4 is 103 Å². The van der Waals surface area contributed by atoms with Crippen molar-refractivity contribution in [1.82, 2.24) is 0 Å². The Hall–Kier alpha value is -3.13. The van der Waals surface area contributed by atoms with Gasteiger partial charge in [0.25, 0.3) is 0 Å². The second-order valence-electron chi connectivity index (χ2n) is 15.1. The molecule has 0 radical (unpaired) electrons. The van der Waals surface area contributed by atoms with Crippen molar-refractivity contribution in [2.24, 2.45) is 0 Å². The van der Waals surface area contributed by atoms with Crippen molar-refractivity contribution < 1.29 is 0 Å². The Bertz CT molecular complexity index is 2150. The molecular weight excluding hydrogens is 716 g/mol. The molecule has 0 aliphatic heterocycles. The Morgan fingerprint density at radius 2 is 0.558 bits per heavy atom. The van der Waals surface area contributed by atoms with Gasteiger partial charge in [0.2, 0.25) is 13.4 Å². The van der Waals surface area contributed by atoms with E-state index in [0.717, 1.165) is 64.6 Å². The van der Waals surface area contributed by atoms with Crippen LogP contribution in [0.4, 0.5) is 0 Å². The second-order valence-corrected chi connectivity index (χ2v) is 16.6. The van der Waals surface area contributed by atoms with Crippen LogP contribution in [0.3, 0.4) is 0 Å². The maximum absolute atomic E-state index is 7.09. The molecule has 0 bridgehead atoms. The highest BCUT2D eigenvalue weighted by Crippen LogP contribution is 2.28. The molecule has 0 spiro atoms. The third-order valence-corrected chi connectivity index (χ3v) is 13.8. The van der Waals surface area contributed by atoms with E-state index in [9.17, 15) is 0 Å². The number of benzene rings is 6. The smallest absolute Gasteiger partial charge is 0.0838 e. The lowest BCUT2D eigenvalue weighted by molar-refractivity contribution is 1.34. The fraction of sp³-hybridized carbons (Fsp3) is 0.261. The van der Waals surface area contributed by atoms with Gasteiger partial charge in [-0.1, -0.05) is 162 Å². The molecule has 6 heteroatoms. The fourth-order valence-corrected chi connectivity index (χ4v) is 9.86. The van der Waals surface area contributed by atoms with Gasteiger partial charge in [-0.3, -0.25) is 0 Å². The summed E-state index contributed by atoms with van der Waals surface area (Å²) in [6, 6.07) is 22.5. The van der Waals surface area contributed by atoms with Gasteiger partial charge in [-0.15, -0.1) is 0 Å². The summed E-state index contributed by atoms with van der Waals surface area (Å²) < 4.78 is 0. The summed E-state index contributed by atoms with van der Waals surface area (Å²) in [5.41, 5.74) is 21.0. The van der Waals surface area contributed by atoms with Gasteiger partial charge in [-0.25, -0.2) is 0 Å². The summed E-state index contributed by atoms with van der Waals surface area (Å²) in [4.78, 5) is 0. The third-order valence-electron chi connectivity index (χ3n) is 11.5. The number of fused-ring (bicyclic) bond motifs is 1. The first kappa shape index (κ1) is 38.6. The molecule has 0 aromatic heterocycles. The Kier molecular flexibility index (Phi) is 10.8. The van der Waals surface area contributed by atoms with Crippen LogP contribution in [0.1, 0.15) is 66.8 Å². The van der Waals surface area contributed by atoms with Crippen LogP contribution in [-0.2, 0) is 0 Å². The summed E-state index contributed by atoms with van der Waals surface area (Å²) >= 11 is 28.4. The van der Waals surface area contributed by atoms with E-state index in [-0.39, 0.29) is 13.4 Å². The van der Waals surface area contributed by atoms with E-state index in [1.165, 1.54) is 65.8 Å². The van der Waals surface area contributed by atoms with Crippen molar-refractivity contribution in [3.63, 3.8) is 0 Å². The average Bonchev–Trinajstić information content (AvgIpc) is 3.09. The number of halogens is 4. The van der Waals surface area contributed by atoms with Crippen molar-refractivity contribution in [1.29, 1.82) is 0 Å². The van der Waals surface area contributed by atoms with Gasteiger partial charge in [0.15, 0.2) is 0 Å². The molecule has 264 valence electrons. The average molecular weight is 762 g/mol. The zero-order valence-electron chi connectivity index (χ0n) is 32.4. The standard InChI is InChI=1S/C46H46B2Cl4/c1-23-19-27(5)43(49)31(9)39(23)47(40-24(2)20-28(6)44(50)32(40)10)37-17-18-38(36-16-14-13-15-35(36)37)48(41-25(3)21-29(7)45(51)33(41)11)42-26(4)22-30(8)46(52)34(42)12/h13-22H,1-12H3. The Morgan fingerprint density at radius 3 is 0.788 bits per heavy atom. The van der Waals surface area contributed by atoms with Crippen LogP contribution in [0.2, 0.25) is 20.1 Å². The Balaban J connectivity index is 1.78. The summed E-state index contributed by atoms with van der Waals surface area (Å²) in [6.07, 6.45) is 0. The molecule has 6 aromatic rings. The normalized spacial score (nSPS) is 11.5. The van der Waals surface area contributed by atoms with E-state index >= 15 is 0 Å². The van der Waals surface area contributed by atoms with Crippen LogP contribution in [0, 0.1) is 83.1 Å². The molecule has 0 aliphatic carbocycles. The number of aryl methyl sites for hydroxylation is 8. The molecule has 6 rings (SSSR count). The highest BCUT2D eigenvalue weighted by molar-refractivity contribution is 7.00. The van der Waals surface area contributed by atoms with Crippen LogP contribution in [0.15, 0.2) is 60.7 Å². The molecule has 0 N–H and O–H groups in total. The van der Waals surface area contributed by atoms with E-state index in [0.29, 0.717) is 0 Å². The minimum absolute atomic E-state index is 0.108. The quantitative estimate of drug-likeness (QED) is 0.148. The predicted octanol–water partition coefficient (Wildman–Crippen LogP) is 10.2. The lowest BCUT2D eigenvalue weighted by Gasteiger charge is -2.29. The summed E-state index contributed by atoms with van der Waals surface area (Å²) in [7, 11) is 0. The van der Waals surface area contributed by atoms with Crippen LogP contribution in [-0.4, -0.2) is 13.4 Å². The molecule has 0 aliphatic rings. The third kappa shape index (κ3) is 6.32. The van der Waals surface area contributed by atoms with Gasteiger partial charge in [-0.2, -0.15) is 0 Å². The zero-order valence-corrected chi connectivity index (χ0v) is 35.5. The van der Waals surface area contributed by atoms with Crippen molar-refractivity contribution in [3.8, 4) is 0 Å². The lowest BCUT2D eigenvalue weighted by Crippen LogP contribution is -2.58. The first-order chi connectivity index (χ1) is 24.5. The highest BCUT2D eigenvalue weighted by Gasteiger charge is 2.35. The number of hydrogen-bond acceptors (Lipinski definition) is 0. The molecule has 0 saturated heterocycles. The molecule has 0 heterocycles. The SMILES string of the molecule is Cc1cc(C)c(B(c2c(C)cc(C)c(Cl)c2C)c2ccc(B(c3c(C)cc(C)c(Cl)c3C)c3c(C)cc(C)c(Cl)c3C)c3ccccc23)c(C)c1Cl. The predicted molar refractivity (Wildman–Crippen MR) is 236 cm³/mol. The van der Waals surface area contributed by atoms with Gasteiger partial charge in [-0.05, 0) is 138 Å². The van der Waals surface area contributed by atoms with E-state index in [1.807, 2.05) is 0 Å². The zero-order chi connectivity index (χ0) is 38.1. The summed E-state index contributed by atoms with van der Waals surface area (Å²) in [5.74, 6) is 0. The molecule has 0 fully saturated rings. The Morgan fingerprint density at radius 1 is 0.327 bits per heavy atom. The molecule has 0 nitrogen and oxygen atoms in total. The first-order valence-electron chi connectivity index (χ1n) is 18.0. The Labute approximate surface area is 332 Å². The van der Waals surface area contributed by atoms with Crippen molar-refractivity contribution in [3.05, 3.63) is 148 Å². The topological polar surface area (TPSA) is 0 Å². The van der Waals surface area contributed by atoms with Crippen LogP contribution in [0.5, 0.6) is 0 Å². The van der Waals surface area contributed by atoms with Crippen LogP contribution in [0.25, 0.3) is 10.8 Å². The van der Waals surface area contributed by atoms with Crippen LogP contribution >= 0.6 is 46.4 Å². The van der Waals surface area contributed by atoms with E-state index in [4.69, 9.17) is 46.4 Å². The van der Waals surface area contributed by atoms with Crippen LogP contribution < -0.4 is 32.8 Å². The number of rotatable bonds is 6. The molecule has 0 amide bonds. The van der Waals surface area contributed by atoms with E-state index in [1.54, 1.807) is 0 Å².